The van der Waals surface area contributed by atoms with E-state index in [9.17, 15) is 13.7 Å². The summed E-state index contributed by atoms with van der Waals surface area (Å²) in [6.45, 7) is 0. The zero-order valence-corrected chi connectivity index (χ0v) is 9.86. The smallest absolute Gasteiger partial charge is 0.302 e. The topological polar surface area (TPSA) is 171 Å². The van der Waals surface area contributed by atoms with Crippen LogP contribution in [0.3, 0.4) is 0 Å². The first-order chi connectivity index (χ1) is 5.41. The molecule has 0 bridgehead atoms. The molecule has 0 saturated heterocycles. The van der Waals surface area contributed by atoms with Gasteiger partial charge in [-0.05, 0) is 0 Å². The van der Waals surface area contributed by atoms with Crippen molar-refractivity contribution in [2.45, 2.75) is 0 Å². The first-order valence-electron chi connectivity index (χ1n) is 2.28. The number of rotatable bonds is 4. The van der Waals surface area contributed by atoms with E-state index in [2.05, 4.69) is 8.62 Å². The van der Waals surface area contributed by atoms with Crippen LogP contribution < -0.4 is 0 Å². The monoisotopic (exact) mass is 313 g/mol. The van der Waals surface area contributed by atoms with Gasteiger partial charge in [-0.3, -0.25) is 0 Å². The maximum Gasteiger partial charge on any atom is 0.490 e. The molecule has 0 aromatic rings. The molecule has 0 heterocycles. The average Bonchev–Trinajstić information content (AvgIpc) is 1.43. The van der Waals surface area contributed by atoms with Crippen LogP contribution in [0.2, 0.25) is 0 Å². The van der Waals surface area contributed by atoms with Crippen LogP contribution in [0.25, 0.3) is 0 Å². The van der Waals surface area contributed by atoms with Gasteiger partial charge in [-0.2, -0.15) is 8.62 Å². The molecule has 0 aliphatic rings. The van der Waals surface area contributed by atoms with Crippen molar-refractivity contribution in [1.82, 2.24) is 0 Å². The third-order valence-corrected chi connectivity index (χ3v) is 3.77. The molecule has 1 radical (unpaired) electrons. The molecular weight excluding hydrogens is 308 g/mol. The normalized spacial score (nSPS) is 13.5. The molecule has 0 spiro atoms. The molecule has 0 aromatic carbocycles. The summed E-state index contributed by atoms with van der Waals surface area (Å²) < 4.78 is 36.4. The van der Waals surface area contributed by atoms with Crippen LogP contribution in [0.1, 0.15) is 0 Å². The van der Waals surface area contributed by atoms with E-state index in [-0.39, 0.29) is 17.1 Å². The third-order valence-electron chi connectivity index (χ3n) is 0.419. The van der Waals surface area contributed by atoms with E-state index in [1.54, 1.807) is 0 Å². The Morgan fingerprint density at radius 3 is 1.07 bits per heavy atom. The van der Waals surface area contributed by atoms with Crippen molar-refractivity contribution in [3.8, 4) is 0 Å². The summed E-state index contributed by atoms with van der Waals surface area (Å²) in [5.74, 6) is 0. The van der Waals surface area contributed by atoms with Gasteiger partial charge in [-0.1, -0.05) is 0 Å². The fourth-order valence-electron chi connectivity index (χ4n) is 0.284. The quantitative estimate of drug-likeness (QED) is 0.330. The van der Waals surface area contributed by atoms with Crippen LogP contribution in [0, 0.1) is 0 Å². The maximum absolute atomic E-state index is 10.4. The summed E-state index contributed by atoms with van der Waals surface area (Å²) in [5, 5.41) is 0. The Hall–Kier alpha value is 0.929. The molecule has 0 amide bonds. The van der Waals surface area contributed by atoms with Gasteiger partial charge in [0.25, 0.3) is 0 Å². The summed E-state index contributed by atoms with van der Waals surface area (Å²) in [7, 11) is -16.2. The SMILES string of the molecule is O=P(O)(O)OP(=O)(O)OP(=O)(O)O.[Mn]. The van der Waals surface area contributed by atoms with Crippen LogP contribution in [-0.4, -0.2) is 24.5 Å². The molecule has 0 atom stereocenters. The Balaban J connectivity index is 0. The van der Waals surface area contributed by atoms with Gasteiger partial charge in [0.05, 0.1) is 0 Å². The molecule has 0 aliphatic heterocycles. The second-order valence-corrected chi connectivity index (χ2v) is 5.82. The molecule has 14 heteroatoms. The summed E-state index contributed by atoms with van der Waals surface area (Å²) in [5.41, 5.74) is 0. The molecule has 0 aliphatic carbocycles. The van der Waals surface area contributed by atoms with Gasteiger partial charge in [-0.15, -0.1) is 0 Å². The minimum atomic E-state index is -5.46. The van der Waals surface area contributed by atoms with Crippen molar-refractivity contribution in [2.75, 3.05) is 0 Å². The summed E-state index contributed by atoms with van der Waals surface area (Å²) in [4.78, 5) is 40.2. The predicted octanol–water partition coefficient (Wildman–Crippen LogP) is -0.697. The van der Waals surface area contributed by atoms with Gasteiger partial charge in [0.1, 0.15) is 0 Å². The summed E-state index contributed by atoms with van der Waals surface area (Å²) in [6, 6.07) is 0. The molecule has 87 valence electrons. The van der Waals surface area contributed by atoms with Gasteiger partial charge < -0.3 is 24.5 Å². The molecular formula is H5MnO10P3. The second-order valence-electron chi connectivity index (χ2n) is 1.61. The van der Waals surface area contributed by atoms with Gasteiger partial charge in [0.15, 0.2) is 0 Å². The molecule has 14 heavy (non-hydrogen) atoms. The van der Waals surface area contributed by atoms with Crippen LogP contribution in [-0.2, 0) is 39.4 Å². The van der Waals surface area contributed by atoms with Gasteiger partial charge in [-0.25, -0.2) is 13.7 Å². The van der Waals surface area contributed by atoms with Crippen molar-refractivity contribution < 1.29 is 63.9 Å². The summed E-state index contributed by atoms with van der Waals surface area (Å²) >= 11 is 0. The van der Waals surface area contributed by atoms with E-state index in [0.717, 1.165) is 0 Å². The Morgan fingerprint density at radius 2 is 0.929 bits per heavy atom. The minimum absolute atomic E-state index is 0. The van der Waals surface area contributed by atoms with Crippen molar-refractivity contribution in [3.63, 3.8) is 0 Å². The molecule has 0 fully saturated rings. The Morgan fingerprint density at radius 1 is 0.714 bits per heavy atom. The summed E-state index contributed by atoms with van der Waals surface area (Å²) in [6.07, 6.45) is 0. The van der Waals surface area contributed by atoms with Gasteiger partial charge in [0, 0.05) is 17.1 Å². The zero-order chi connectivity index (χ0) is 10.9. The average molecular weight is 313 g/mol. The molecule has 0 rings (SSSR count). The van der Waals surface area contributed by atoms with Crippen molar-refractivity contribution in [1.29, 1.82) is 0 Å². The first-order valence-corrected chi connectivity index (χ1v) is 6.83. The van der Waals surface area contributed by atoms with Crippen molar-refractivity contribution in [2.24, 2.45) is 0 Å². The Bertz CT molecular complexity index is 277. The fourth-order valence-corrected chi connectivity index (χ4v) is 2.82. The standard InChI is InChI=1S/Mn.H5O10P3/c;1-11(2,3)9-13(7,8)10-12(4,5)6/h;(H,7,8)(H2,1,2,3)(H2,4,5,6). The first kappa shape index (κ1) is 17.3. The van der Waals surface area contributed by atoms with E-state index < -0.39 is 23.5 Å². The maximum atomic E-state index is 10.4. The fraction of sp³-hybridized carbons (Fsp3) is 0. The number of hydrogen-bond acceptors (Lipinski definition) is 5. The van der Waals surface area contributed by atoms with Crippen LogP contribution in [0.5, 0.6) is 0 Å². The predicted molar refractivity (Wildman–Crippen MR) is 36.1 cm³/mol. The van der Waals surface area contributed by atoms with Crippen LogP contribution in [0.15, 0.2) is 0 Å². The number of hydrogen-bond donors (Lipinski definition) is 5. The Labute approximate surface area is 87.8 Å². The molecule has 10 nitrogen and oxygen atoms in total. The molecule has 0 aromatic heterocycles. The largest absolute Gasteiger partial charge is 0.490 e. The third kappa shape index (κ3) is 11.0. The van der Waals surface area contributed by atoms with E-state index in [1.165, 1.54) is 0 Å². The minimum Gasteiger partial charge on any atom is -0.302 e. The molecule has 5 N–H and O–H groups in total. The van der Waals surface area contributed by atoms with Gasteiger partial charge in [0.2, 0.25) is 0 Å². The van der Waals surface area contributed by atoms with E-state index >= 15 is 0 Å². The van der Waals surface area contributed by atoms with Crippen molar-refractivity contribution >= 4 is 23.5 Å². The van der Waals surface area contributed by atoms with E-state index in [0.29, 0.717) is 0 Å². The van der Waals surface area contributed by atoms with Crippen molar-refractivity contribution in [3.05, 3.63) is 0 Å². The van der Waals surface area contributed by atoms with E-state index in [1.807, 2.05) is 0 Å². The Kier molecular flexibility index (Phi) is 6.58. The van der Waals surface area contributed by atoms with Gasteiger partial charge >= 0.3 is 23.5 Å². The number of phosphoric acid groups is 3. The molecule has 0 unspecified atom stereocenters. The second kappa shape index (κ2) is 5.32. The van der Waals surface area contributed by atoms with Crippen LogP contribution >= 0.6 is 23.5 Å². The van der Waals surface area contributed by atoms with Crippen LogP contribution in [0.4, 0.5) is 0 Å². The zero-order valence-electron chi connectivity index (χ0n) is 6.00. The van der Waals surface area contributed by atoms with E-state index in [4.69, 9.17) is 24.5 Å². The molecule has 0 saturated carbocycles.